The van der Waals surface area contributed by atoms with Gasteiger partial charge in [-0.15, -0.1) is 0 Å². The van der Waals surface area contributed by atoms with Crippen molar-refractivity contribution < 1.29 is 8.83 Å². The average molecular weight is 604 g/mol. The molecule has 0 fully saturated rings. The Labute approximate surface area is 271 Å². The molecule has 9 aromatic rings. The molecule has 3 heterocycles. The number of rotatable bonds is 3. The van der Waals surface area contributed by atoms with Gasteiger partial charge in [-0.1, -0.05) is 97.1 Å². The Balaban J connectivity index is 1.15. The minimum Gasteiger partial charge on any atom is -0.456 e. The molecular formula is C44H29NO2. The lowest BCUT2D eigenvalue weighted by Gasteiger charge is -2.24. The number of anilines is 1. The summed E-state index contributed by atoms with van der Waals surface area (Å²) in [5, 5.41) is 4.61. The summed E-state index contributed by atoms with van der Waals surface area (Å²) in [4.78, 5) is 2.49. The summed E-state index contributed by atoms with van der Waals surface area (Å²) in [5.74, 6) is 0. The third-order valence-corrected chi connectivity index (χ3v) is 9.77. The Kier molecular flexibility index (Phi) is 5.70. The topological polar surface area (TPSA) is 29.5 Å². The zero-order chi connectivity index (χ0) is 30.9. The molecule has 222 valence electrons. The lowest BCUT2D eigenvalue weighted by molar-refractivity contribution is 0.668. The second-order valence-corrected chi connectivity index (χ2v) is 12.5. The summed E-state index contributed by atoms with van der Waals surface area (Å²) < 4.78 is 12.4. The van der Waals surface area contributed by atoms with E-state index in [-0.39, 0.29) is 0 Å². The van der Waals surface area contributed by atoms with Gasteiger partial charge in [0.05, 0.1) is 0 Å². The first-order valence-electron chi connectivity index (χ1n) is 16.2. The van der Waals surface area contributed by atoms with Crippen LogP contribution in [-0.2, 0) is 13.1 Å². The van der Waals surface area contributed by atoms with E-state index in [9.17, 15) is 0 Å². The van der Waals surface area contributed by atoms with E-state index in [2.05, 4.69) is 138 Å². The van der Waals surface area contributed by atoms with Crippen molar-refractivity contribution >= 4 is 49.6 Å². The predicted octanol–water partition coefficient (Wildman–Crippen LogP) is 12.0. The summed E-state index contributed by atoms with van der Waals surface area (Å²) in [6.07, 6.45) is 0. The number of para-hydroxylation sites is 3. The van der Waals surface area contributed by atoms with Gasteiger partial charge in [-0.05, 0) is 99.1 Å². The van der Waals surface area contributed by atoms with Crippen LogP contribution in [0.3, 0.4) is 0 Å². The molecule has 0 N–H and O–H groups in total. The van der Waals surface area contributed by atoms with Gasteiger partial charge in [-0.3, -0.25) is 0 Å². The Morgan fingerprint density at radius 1 is 0.383 bits per heavy atom. The van der Waals surface area contributed by atoms with Crippen molar-refractivity contribution in [3.63, 3.8) is 0 Å². The number of hydrogen-bond acceptors (Lipinski definition) is 3. The minimum atomic E-state index is 0.812. The number of hydrogen-bond donors (Lipinski definition) is 0. The van der Waals surface area contributed by atoms with E-state index in [1.165, 1.54) is 55.6 Å². The van der Waals surface area contributed by atoms with Crippen LogP contribution in [0.4, 0.5) is 5.69 Å². The van der Waals surface area contributed by atoms with Gasteiger partial charge in [-0.2, -0.15) is 0 Å². The second kappa shape index (κ2) is 10.2. The molecule has 0 aliphatic carbocycles. The van der Waals surface area contributed by atoms with Crippen LogP contribution in [-0.4, -0.2) is 0 Å². The molecule has 0 amide bonds. The maximum atomic E-state index is 6.25. The summed E-state index contributed by atoms with van der Waals surface area (Å²) in [6, 6.07) is 54.3. The molecular weight excluding hydrogens is 574 g/mol. The van der Waals surface area contributed by atoms with Crippen molar-refractivity contribution in [2.75, 3.05) is 4.90 Å². The molecule has 47 heavy (non-hydrogen) atoms. The fourth-order valence-electron chi connectivity index (χ4n) is 7.51. The van der Waals surface area contributed by atoms with Crippen molar-refractivity contribution in [1.82, 2.24) is 0 Å². The van der Waals surface area contributed by atoms with Crippen LogP contribution < -0.4 is 4.90 Å². The molecule has 0 unspecified atom stereocenters. The van der Waals surface area contributed by atoms with E-state index in [1.807, 2.05) is 18.2 Å². The van der Waals surface area contributed by atoms with E-state index < -0.39 is 0 Å². The molecule has 3 nitrogen and oxygen atoms in total. The van der Waals surface area contributed by atoms with Crippen molar-refractivity contribution in [2.24, 2.45) is 0 Å². The largest absolute Gasteiger partial charge is 0.456 e. The van der Waals surface area contributed by atoms with Crippen LogP contribution in [0, 0.1) is 0 Å². The SMILES string of the molecule is c1ccc(N2Cc3cc(-c4cccc5oc6ccccc6c45)ccc3-c3cc(-c4ccc5oc6ccccc6c5c4)ccc3C2)cc1. The van der Waals surface area contributed by atoms with E-state index in [4.69, 9.17) is 8.83 Å². The van der Waals surface area contributed by atoms with Gasteiger partial charge >= 0.3 is 0 Å². The van der Waals surface area contributed by atoms with Gasteiger partial charge in [0.25, 0.3) is 0 Å². The summed E-state index contributed by atoms with van der Waals surface area (Å²) in [6.45, 7) is 1.64. The maximum Gasteiger partial charge on any atom is 0.136 e. The number of benzene rings is 7. The molecule has 0 spiro atoms. The van der Waals surface area contributed by atoms with Crippen molar-refractivity contribution in [2.45, 2.75) is 13.1 Å². The lowest BCUT2D eigenvalue weighted by atomic mass is 9.90. The quantitative estimate of drug-likeness (QED) is 0.201. The molecule has 1 aliphatic rings. The van der Waals surface area contributed by atoms with Crippen molar-refractivity contribution in [1.29, 1.82) is 0 Å². The van der Waals surface area contributed by atoms with E-state index in [0.29, 0.717) is 0 Å². The van der Waals surface area contributed by atoms with Gasteiger partial charge < -0.3 is 13.7 Å². The molecule has 0 radical (unpaired) electrons. The van der Waals surface area contributed by atoms with Crippen LogP contribution >= 0.6 is 0 Å². The van der Waals surface area contributed by atoms with E-state index in [0.717, 1.165) is 51.6 Å². The number of nitrogens with zero attached hydrogens (tertiary/aromatic N) is 1. The smallest absolute Gasteiger partial charge is 0.136 e. The fraction of sp³-hybridized carbons (Fsp3) is 0.0455. The second-order valence-electron chi connectivity index (χ2n) is 12.5. The highest BCUT2D eigenvalue weighted by atomic mass is 16.3. The van der Waals surface area contributed by atoms with E-state index >= 15 is 0 Å². The summed E-state index contributed by atoms with van der Waals surface area (Å²) in [5.41, 5.74) is 14.9. The van der Waals surface area contributed by atoms with Crippen LogP contribution in [0.1, 0.15) is 11.1 Å². The Morgan fingerprint density at radius 3 is 1.94 bits per heavy atom. The molecule has 0 bridgehead atoms. The monoisotopic (exact) mass is 603 g/mol. The van der Waals surface area contributed by atoms with Gasteiger partial charge in [0.2, 0.25) is 0 Å². The van der Waals surface area contributed by atoms with Crippen LogP contribution in [0.15, 0.2) is 160 Å². The van der Waals surface area contributed by atoms with Crippen molar-refractivity contribution in [3.05, 3.63) is 163 Å². The standard InChI is InChI=1S/C44H29NO2/c1-2-9-33(10-3-1)45-26-31-18-17-28(29-20-22-42-39(25-29)36-11-4-6-14-40(36)46-42)24-38(31)34-21-19-30(23-32(34)27-45)35-13-8-16-43-44(35)37-12-5-7-15-41(37)47-43/h1-25H,26-27H2. The van der Waals surface area contributed by atoms with Gasteiger partial charge in [0.15, 0.2) is 0 Å². The molecule has 3 heteroatoms. The van der Waals surface area contributed by atoms with Gasteiger partial charge in [0, 0.05) is 40.3 Å². The maximum absolute atomic E-state index is 6.25. The summed E-state index contributed by atoms with van der Waals surface area (Å²) >= 11 is 0. The van der Waals surface area contributed by atoms with Crippen molar-refractivity contribution in [3.8, 4) is 33.4 Å². The fourth-order valence-corrected chi connectivity index (χ4v) is 7.51. The Hall–Kier alpha value is -6.06. The first-order valence-corrected chi connectivity index (χ1v) is 16.2. The molecule has 0 saturated carbocycles. The normalized spacial score (nSPS) is 12.9. The first-order chi connectivity index (χ1) is 23.3. The van der Waals surface area contributed by atoms with Gasteiger partial charge in [-0.25, -0.2) is 0 Å². The highest BCUT2D eigenvalue weighted by molar-refractivity contribution is 6.12. The highest BCUT2D eigenvalue weighted by Gasteiger charge is 2.22. The predicted molar refractivity (Wildman–Crippen MR) is 194 cm³/mol. The third kappa shape index (κ3) is 4.20. The third-order valence-electron chi connectivity index (χ3n) is 9.77. The van der Waals surface area contributed by atoms with E-state index in [1.54, 1.807) is 0 Å². The molecule has 10 rings (SSSR count). The Bertz CT molecular complexity index is 2640. The Morgan fingerprint density at radius 2 is 1.04 bits per heavy atom. The number of fused-ring (bicyclic) bond motifs is 9. The minimum absolute atomic E-state index is 0.812. The van der Waals surface area contributed by atoms with Crippen LogP contribution in [0.5, 0.6) is 0 Å². The molecule has 0 atom stereocenters. The first kappa shape index (κ1) is 26.2. The molecule has 0 saturated heterocycles. The van der Waals surface area contributed by atoms with Crippen LogP contribution in [0.2, 0.25) is 0 Å². The average Bonchev–Trinajstić information content (AvgIpc) is 3.65. The number of furan rings is 2. The zero-order valence-corrected chi connectivity index (χ0v) is 25.6. The highest BCUT2D eigenvalue weighted by Crippen LogP contribution is 2.42. The molecule has 2 aromatic heterocycles. The molecule has 1 aliphatic heterocycles. The van der Waals surface area contributed by atoms with Crippen LogP contribution in [0.25, 0.3) is 77.3 Å². The lowest BCUT2D eigenvalue weighted by Crippen LogP contribution is -2.20. The van der Waals surface area contributed by atoms with Gasteiger partial charge in [0.1, 0.15) is 22.3 Å². The molecule has 7 aromatic carbocycles. The summed E-state index contributed by atoms with van der Waals surface area (Å²) in [7, 11) is 0. The zero-order valence-electron chi connectivity index (χ0n) is 25.6.